The summed E-state index contributed by atoms with van der Waals surface area (Å²) in [5.74, 6) is 0.198. The molecule has 0 spiro atoms. The first-order chi connectivity index (χ1) is 12.4. The normalized spacial score (nSPS) is 11.2. The molecule has 0 atom stereocenters. The molecule has 1 heterocycles. The first-order valence-corrected chi connectivity index (χ1v) is 9.70. The smallest absolute Gasteiger partial charge is 0.265 e. The first-order valence-electron chi connectivity index (χ1n) is 7.46. The number of ether oxygens (including phenoxy) is 1. The third kappa shape index (κ3) is 4.09. The van der Waals surface area contributed by atoms with Crippen molar-refractivity contribution < 1.29 is 13.2 Å². The van der Waals surface area contributed by atoms with Crippen molar-refractivity contribution in [3.05, 3.63) is 71.0 Å². The van der Waals surface area contributed by atoms with Gasteiger partial charge >= 0.3 is 0 Å². The zero-order valence-electron chi connectivity index (χ0n) is 13.6. The molecule has 0 aliphatic heterocycles. The summed E-state index contributed by atoms with van der Waals surface area (Å²) in [6.45, 7) is 0. The van der Waals surface area contributed by atoms with Crippen LogP contribution in [-0.2, 0) is 10.0 Å². The number of sulfonamides is 1. The van der Waals surface area contributed by atoms with Gasteiger partial charge in [0, 0.05) is 21.8 Å². The number of hydrogen-bond donors (Lipinski definition) is 1. The molecule has 5 nitrogen and oxygen atoms in total. The van der Waals surface area contributed by atoms with Crippen LogP contribution in [0.4, 0.5) is 5.69 Å². The van der Waals surface area contributed by atoms with Gasteiger partial charge in [0.15, 0.2) is 0 Å². The largest absolute Gasteiger partial charge is 0.495 e. The van der Waals surface area contributed by atoms with Gasteiger partial charge in [0.2, 0.25) is 0 Å². The van der Waals surface area contributed by atoms with Crippen molar-refractivity contribution in [1.82, 2.24) is 4.98 Å². The molecular weight excluding hydrogens is 395 g/mol. The average Bonchev–Trinajstić information content (AvgIpc) is 2.62. The molecule has 134 valence electrons. The monoisotopic (exact) mass is 408 g/mol. The van der Waals surface area contributed by atoms with E-state index in [0.717, 1.165) is 11.1 Å². The summed E-state index contributed by atoms with van der Waals surface area (Å²) in [6, 6.07) is 13.2. The maximum Gasteiger partial charge on any atom is 0.265 e. The molecular formula is C18H14Cl2N2O3S. The van der Waals surface area contributed by atoms with Gasteiger partial charge in [0.25, 0.3) is 10.0 Å². The van der Waals surface area contributed by atoms with Crippen molar-refractivity contribution in [2.24, 2.45) is 0 Å². The standard InChI is InChI=1S/C18H14Cl2N2O3S/c1-25-17-7-6-15(20)9-18(17)26(23,24)22-16-8-13(10-21-11-16)12-2-4-14(19)5-3-12/h2-11,22H,1H3. The van der Waals surface area contributed by atoms with Crippen LogP contribution in [0.3, 0.4) is 0 Å². The maximum atomic E-state index is 12.7. The highest BCUT2D eigenvalue weighted by molar-refractivity contribution is 7.92. The Morgan fingerprint density at radius 2 is 1.62 bits per heavy atom. The lowest BCUT2D eigenvalue weighted by Crippen LogP contribution is -2.14. The lowest BCUT2D eigenvalue weighted by atomic mass is 10.1. The lowest BCUT2D eigenvalue weighted by Gasteiger charge is -2.12. The highest BCUT2D eigenvalue weighted by atomic mass is 35.5. The summed E-state index contributed by atoms with van der Waals surface area (Å²) < 4.78 is 33.1. The molecule has 0 saturated carbocycles. The molecule has 0 unspecified atom stereocenters. The summed E-state index contributed by atoms with van der Waals surface area (Å²) in [5, 5.41) is 0.908. The fourth-order valence-electron chi connectivity index (χ4n) is 2.37. The Kier molecular flexibility index (Phi) is 5.36. The van der Waals surface area contributed by atoms with Gasteiger partial charge in [0.05, 0.1) is 19.0 Å². The molecule has 0 saturated heterocycles. The van der Waals surface area contributed by atoms with Gasteiger partial charge in [-0.1, -0.05) is 35.3 Å². The van der Waals surface area contributed by atoms with E-state index in [1.54, 1.807) is 30.5 Å². The van der Waals surface area contributed by atoms with E-state index in [1.807, 2.05) is 12.1 Å². The minimum absolute atomic E-state index is 0.0515. The van der Waals surface area contributed by atoms with Gasteiger partial charge in [-0.3, -0.25) is 9.71 Å². The number of pyridine rings is 1. The Hall–Kier alpha value is -2.28. The van der Waals surface area contributed by atoms with Crippen LogP contribution in [0.5, 0.6) is 5.75 Å². The molecule has 0 aliphatic carbocycles. The number of rotatable bonds is 5. The van der Waals surface area contributed by atoms with Crippen LogP contribution in [-0.4, -0.2) is 20.5 Å². The topological polar surface area (TPSA) is 68.3 Å². The summed E-state index contributed by atoms with van der Waals surface area (Å²) in [4.78, 5) is 4.05. The third-order valence-electron chi connectivity index (χ3n) is 3.58. The van der Waals surface area contributed by atoms with Gasteiger partial charge in [-0.15, -0.1) is 0 Å². The second-order valence-corrected chi connectivity index (χ2v) is 7.89. The SMILES string of the molecule is COc1ccc(Cl)cc1S(=O)(=O)Nc1cncc(-c2ccc(Cl)cc2)c1. The van der Waals surface area contributed by atoms with Crippen molar-refractivity contribution in [2.75, 3.05) is 11.8 Å². The number of hydrogen-bond acceptors (Lipinski definition) is 4. The highest BCUT2D eigenvalue weighted by Crippen LogP contribution is 2.29. The van der Waals surface area contributed by atoms with Crippen molar-refractivity contribution in [1.29, 1.82) is 0 Å². The quantitative estimate of drug-likeness (QED) is 0.653. The molecule has 8 heteroatoms. The number of benzene rings is 2. The zero-order chi connectivity index (χ0) is 18.7. The van der Waals surface area contributed by atoms with Crippen LogP contribution < -0.4 is 9.46 Å². The molecule has 1 aromatic heterocycles. The zero-order valence-corrected chi connectivity index (χ0v) is 15.9. The van der Waals surface area contributed by atoms with Gasteiger partial charge in [-0.2, -0.15) is 0 Å². The highest BCUT2D eigenvalue weighted by Gasteiger charge is 2.20. The molecule has 0 fully saturated rings. The Morgan fingerprint density at radius 3 is 2.31 bits per heavy atom. The summed E-state index contributed by atoms with van der Waals surface area (Å²) in [6.07, 6.45) is 3.06. The van der Waals surface area contributed by atoms with Crippen molar-refractivity contribution in [3.63, 3.8) is 0 Å². The summed E-state index contributed by atoms with van der Waals surface area (Å²) in [5.41, 5.74) is 1.93. The van der Waals surface area contributed by atoms with E-state index >= 15 is 0 Å². The second kappa shape index (κ2) is 7.53. The van der Waals surface area contributed by atoms with E-state index in [-0.39, 0.29) is 10.6 Å². The summed E-state index contributed by atoms with van der Waals surface area (Å²) in [7, 11) is -2.51. The average molecular weight is 409 g/mol. The molecule has 0 bridgehead atoms. The van der Waals surface area contributed by atoms with Crippen LogP contribution in [0, 0.1) is 0 Å². The number of halogens is 2. The van der Waals surface area contributed by atoms with Gasteiger partial charge in [-0.25, -0.2) is 8.42 Å². The molecule has 0 amide bonds. The molecule has 0 aliphatic rings. The van der Waals surface area contributed by atoms with E-state index in [9.17, 15) is 8.42 Å². The van der Waals surface area contributed by atoms with Crippen LogP contribution in [0.1, 0.15) is 0 Å². The Morgan fingerprint density at radius 1 is 0.923 bits per heavy atom. The molecule has 1 N–H and O–H groups in total. The number of nitrogens with zero attached hydrogens (tertiary/aromatic N) is 1. The Balaban J connectivity index is 1.95. The van der Waals surface area contributed by atoms with Crippen LogP contribution >= 0.6 is 23.2 Å². The van der Waals surface area contributed by atoms with E-state index in [4.69, 9.17) is 27.9 Å². The van der Waals surface area contributed by atoms with Gasteiger partial charge < -0.3 is 4.74 Å². The number of aromatic nitrogens is 1. The molecule has 26 heavy (non-hydrogen) atoms. The molecule has 3 aromatic rings. The number of nitrogens with one attached hydrogen (secondary N) is 1. The van der Waals surface area contributed by atoms with Crippen molar-refractivity contribution >= 4 is 38.9 Å². The van der Waals surface area contributed by atoms with Crippen LogP contribution in [0.25, 0.3) is 11.1 Å². The van der Waals surface area contributed by atoms with E-state index in [1.165, 1.54) is 25.4 Å². The van der Waals surface area contributed by atoms with Crippen LogP contribution in [0.15, 0.2) is 65.8 Å². The maximum absolute atomic E-state index is 12.7. The number of methoxy groups -OCH3 is 1. The Bertz CT molecular complexity index is 1040. The van der Waals surface area contributed by atoms with E-state index in [2.05, 4.69) is 9.71 Å². The summed E-state index contributed by atoms with van der Waals surface area (Å²) >= 11 is 11.8. The predicted octanol–water partition coefficient (Wildman–Crippen LogP) is 4.86. The van der Waals surface area contributed by atoms with Crippen molar-refractivity contribution in [3.8, 4) is 16.9 Å². The minimum atomic E-state index is -3.90. The van der Waals surface area contributed by atoms with E-state index in [0.29, 0.717) is 15.7 Å². The van der Waals surface area contributed by atoms with Gasteiger partial charge in [-0.05, 0) is 42.0 Å². The molecule has 0 radical (unpaired) electrons. The molecule has 2 aromatic carbocycles. The van der Waals surface area contributed by atoms with Crippen LogP contribution in [0.2, 0.25) is 10.0 Å². The minimum Gasteiger partial charge on any atom is -0.495 e. The van der Waals surface area contributed by atoms with Gasteiger partial charge in [0.1, 0.15) is 10.6 Å². The first kappa shape index (κ1) is 18.5. The second-order valence-electron chi connectivity index (χ2n) is 5.37. The fraction of sp³-hybridized carbons (Fsp3) is 0.0556. The molecule has 3 rings (SSSR count). The van der Waals surface area contributed by atoms with E-state index < -0.39 is 10.0 Å². The third-order valence-corrected chi connectivity index (χ3v) is 5.47. The number of anilines is 1. The van der Waals surface area contributed by atoms with Crippen molar-refractivity contribution in [2.45, 2.75) is 4.90 Å². The Labute approximate surface area is 161 Å². The predicted molar refractivity (Wildman–Crippen MR) is 103 cm³/mol. The lowest BCUT2D eigenvalue weighted by molar-refractivity contribution is 0.403. The fourth-order valence-corrected chi connectivity index (χ4v) is 3.96.